The van der Waals surface area contributed by atoms with E-state index in [0.29, 0.717) is 11.7 Å². The Labute approximate surface area is 166 Å². The third kappa shape index (κ3) is 4.06. The molecule has 0 amide bonds. The summed E-state index contributed by atoms with van der Waals surface area (Å²) >= 11 is 0. The lowest BCUT2D eigenvalue weighted by Crippen LogP contribution is -2.30. The average Bonchev–Trinajstić information content (AvgIpc) is 3.11. The molecule has 0 bridgehead atoms. The molecule has 3 heterocycles. The molecule has 0 saturated carbocycles. The maximum absolute atomic E-state index is 13.8. The van der Waals surface area contributed by atoms with Crippen LogP contribution in [0.4, 0.5) is 14.6 Å². The van der Waals surface area contributed by atoms with Gasteiger partial charge < -0.3 is 4.90 Å². The van der Waals surface area contributed by atoms with E-state index in [2.05, 4.69) is 24.7 Å². The molecule has 1 aliphatic heterocycles. The maximum Gasteiger partial charge on any atom is 0.243 e. The second-order valence-corrected chi connectivity index (χ2v) is 8.56. The number of nitrogens with one attached hydrogen (secondary N) is 1. The lowest BCUT2D eigenvalue weighted by Gasteiger charge is -2.27. The van der Waals surface area contributed by atoms with Crippen molar-refractivity contribution in [3.05, 3.63) is 42.4 Å². The van der Waals surface area contributed by atoms with Gasteiger partial charge in [0.25, 0.3) is 0 Å². The smallest absolute Gasteiger partial charge is 0.243 e. The lowest BCUT2D eigenvalue weighted by molar-refractivity contribution is 0.537. The first kappa shape index (κ1) is 19.6. The zero-order chi connectivity index (χ0) is 20.4. The van der Waals surface area contributed by atoms with Gasteiger partial charge in [-0.15, -0.1) is 0 Å². The second-order valence-electron chi connectivity index (χ2n) is 6.82. The number of sulfonamides is 1. The number of hydrogen-bond donors (Lipinski definition) is 1. The number of aromatic nitrogens is 4. The number of hydrogen-bond acceptors (Lipinski definition) is 6. The molecule has 154 valence electrons. The summed E-state index contributed by atoms with van der Waals surface area (Å²) in [6.07, 6.45) is 6.58. The molecule has 2 aromatic heterocycles. The molecule has 0 spiro atoms. The first-order valence-corrected chi connectivity index (χ1v) is 10.8. The average molecular weight is 422 g/mol. The van der Waals surface area contributed by atoms with Crippen LogP contribution in [0.5, 0.6) is 0 Å². The predicted molar refractivity (Wildman–Crippen MR) is 103 cm³/mol. The van der Waals surface area contributed by atoms with Crippen molar-refractivity contribution < 1.29 is 17.2 Å². The highest BCUT2D eigenvalue weighted by molar-refractivity contribution is 7.89. The van der Waals surface area contributed by atoms with Crippen LogP contribution in [0.25, 0.3) is 11.0 Å². The van der Waals surface area contributed by atoms with Crippen LogP contribution in [0, 0.1) is 11.6 Å². The summed E-state index contributed by atoms with van der Waals surface area (Å²) < 4.78 is 55.2. The van der Waals surface area contributed by atoms with E-state index in [9.17, 15) is 17.2 Å². The molecule has 0 atom stereocenters. The number of benzene rings is 1. The summed E-state index contributed by atoms with van der Waals surface area (Å²) in [5.74, 6) is -1.15. The third-order valence-corrected chi connectivity index (χ3v) is 6.36. The van der Waals surface area contributed by atoms with Gasteiger partial charge in [0, 0.05) is 25.7 Å². The standard InChI is InChI=1S/C18H20F2N6O2S/c19-13-4-5-16(15(20)10-13)29(27,28)24-6-9-26-18-14(11-23-26)17(21-12-22-18)25-7-2-1-3-8-25/h4-5,10-12,24H,1-3,6-9H2. The topological polar surface area (TPSA) is 93.0 Å². The summed E-state index contributed by atoms with van der Waals surface area (Å²) in [6, 6.07) is 2.33. The molecule has 0 aliphatic carbocycles. The van der Waals surface area contributed by atoms with E-state index in [0.717, 1.165) is 49.3 Å². The quantitative estimate of drug-likeness (QED) is 0.654. The van der Waals surface area contributed by atoms with E-state index in [1.807, 2.05) is 0 Å². The number of fused-ring (bicyclic) bond motifs is 1. The Bertz CT molecular complexity index is 1130. The second kappa shape index (κ2) is 7.99. The van der Waals surface area contributed by atoms with Gasteiger partial charge >= 0.3 is 0 Å². The van der Waals surface area contributed by atoms with Crippen molar-refractivity contribution in [3.63, 3.8) is 0 Å². The van der Waals surface area contributed by atoms with Gasteiger partial charge in [0.1, 0.15) is 28.7 Å². The van der Waals surface area contributed by atoms with Crippen LogP contribution in [-0.4, -0.2) is 47.8 Å². The molecule has 1 aliphatic rings. The highest BCUT2D eigenvalue weighted by atomic mass is 32.2. The first-order valence-electron chi connectivity index (χ1n) is 9.32. The van der Waals surface area contributed by atoms with Gasteiger partial charge in [0.15, 0.2) is 5.65 Å². The fourth-order valence-electron chi connectivity index (χ4n) is 3.46. The SMILES string of the molecule is O=S(=O)(NCCn1ncc2c(N3CCCCC3)ncnc21)c1ccc(F)cc1F. The molecule has 1 saturated heterocycles. The van der Waals surface area contributed by atoms with Crippen molar-refractivity contribution in [2.45, 2.75) is 30.7 Å². The summed E-state index contributed by atoms with van der Waals surface area (Å²) in [7, 11) is -4.11. The van der Waals surface area contributed by atoms with E-state index >= 15 is 0 Å². The molecular weight excluding hydrogens is 402 g/mol. The zero-order valence-electron chi connectivity index (χ0n) is 15.6. The van der Waals surface area contributed by atoms with Crippen LogP contribution >= 0.6 is 0 Å². The molecule has 1 N–H and O–H groups in total. The van der Waals surface area contributed by atoms with Gasteiger partial charge in [0.05, 0.1) is 18.1 Å². The van der Waals surface area contributed by atoms with Gasteiger partial charge in [-0.3, -0.25) is 0 Å². The van der Waals surface area contributed by atoms with Crippen LogP contribution in [0.1, 0.15) is 19.3 Å². The summed E-state index contributed by atoms with van der Waals surface area (Å²) in [4.78, 5) is 10.3. The van der Waals surface area contributed by atoms with Gasteiger partial charge in [-0.2, -0.15) is 5.10 Å². The Morgan fingerprint density at radius 3 is 2.66 bits per heavy atom. The van der Waals surface area contributed by atoms with Gasteiger partial charge in [-0.25, -0.2) is 36.6 Å². The van der Waals surface area contributed by atoms with Gasteiger partial charge in [-0.05, 0) is 31.4 Å². The summed E-state index contributed by atoms with van der Waals surface area (Å²) in [5.41, 5.74) is 0.604. The van der Waals surface area contributed by atoms with Crippen LogP contribution in [0.2, 0.25) is 0 Å². The van der Waals surface area contributed by atoms with Crippen molar-refractivity contribution in [1.82, 2.24) is 24.5 Å². The molecule has 8 nitrogen and oxygen atoms in total. The van der Waals surface area contributed by atoms with Crippen molar-refractivity contribution in [3.8, 4) is 0 Å². The number of rotatable bonds is 6. The van der Waals surface area contributed by atoms with Crippen LogP contribution in [0.15, 0.2) is 35.6 Å². The van der Waals surface area contributed by atoms with Crippen molar-refractivity contribution in [2.75, 3.05) is 24.5 Å². The van der Waals surface area contributed by atoms with E-state index in [1.54, 1.807) is 10.9 Å². The van der Waals surface area contributed by atoms with Crippen molar-refractivity contribution in [2.24, 2.45) is 0 Å². The molecule has 4 rings (SSSR count). The number of piperidine rings is 1. The molecule has 0 unspecified atom stereocenters. The van der Waals surface area contributed by atoms with Crippen molar-refractivity contribution in [1.29, 1.82) is 0 Å². The monoisotopic (exact) mass is 422 g/mol. The minimum absolute atomic E-state index is 0.0288. The van der Waals surface area contributed by atoms with Gasteiger partial charge in [-0.1, -0.05) is 0 Å². The highest BCUT2D eigenvalue weighted by Crippen LogP contribution is 2.25. The van der Waals surface area contributed by atoms with E-state index < -0.39 is 26.6 Å². The Morgan fingerprint density at radius 1 is 1.10 bits per heavy atom. The number of nitrogens with zero attached hydrogens (tertiary/aromatic N) is 5. The molecular formula is C18H20F2N6O2S. The van der Waals surface area contributed by atoms with E-state index in [4.69, 9.17) is 0 Å². The number of halogens is 2. The molecule has 0 radical (unpaired) electrons. The molecule has 29 heavy (non-hydrogen) atoms. The largest absolute Gasteiger partial charge is 0.356 e. The van der Waals surface area contributed by atoms with E-state index in [1.165, 1.54) is 12.7 Å². The van der Waals surface area contributed by atoms with Crippen LogP contribution in [0.3, 0.4) is 0 Å². The minimum Gasteiger partial charge on any atom is -0.356 e. The minimum atomic E-state index is -4.11. The Kier molecular flexibility index (Phi) is 5.41. The number of anilines is 1. The summed E-state index contributed by atoms with van der Waals surface area (Å²) in [6.45, 7) is 2.03. The van der Waals surface area contributed by atoms with E-state index in [-0.39, 0.29) is 13.1 Å². The molecule has 3 aromatic rings. The summed E-state index contributed by atoms with van der Waals surface area (Å²) in [5, 5.41) is 5.11. The fraction of sp³-hybridized carbons (Fsp3) is 0.389. The van der Waals surface area contributed by atoms with Crippen LogP contribution < -0.4 is 9.62 Å². The normalized spacial score (nSPS) is 15.2. The molecule has 1 aromatic carbocycles. The van der Waals surface area contributed by atoms with Crippen LogP contribution in [-0.2, 0) is 16.6 Å². The maximum atomic E-state index is 13.8. The third-order valence-electron chi connectivity index (χ3n) is 4.87. The molecule has 11 heteroatoms. The predicted octanol–water partition coefficient (Wildman–Crippen LogP) is 2.07. The van der Waals surface area contributed by atoms with Gasteiger partial charge in [0.2, 0.25) is 10.0 Å². The zero-order valence-corrected chi connectivity index (χ0v) is 16.4. The highest BCUT2D eigenvalue weighted by Gasteiger charge is 2.20. The Morgan fingerprint density at radius 2 is 1.90 bits per heavy atom. The Hall–Kier alpha value is -2.66. The molecule has 1 fully saturated rings. The van der Waals surface area contributed by atoms with Crippen molar-refractivity contribution >= 4 is 26.9 Å². The fourth-order valence-corrected chi connectivity index (χ4v) is 4.54. The lowest BCUT2D eigenvalue weighted by atomic mass is 10.1. The Balaban J connectivity index is 1.49. The first-order chi connectivity index (χ1) is 14.0.